The fraction of sp³-hybridized carbons (Fsp3) is 1.00. The molecule has 0 aromatic heterocycles. The first-order chi connectivity index (χ1) is 7.22. The number of likely N-dealkylation sites (N-methyl/N-ethyl adjacent to an activating group) is 2. The third-order valence-electron chi connectivity index (χ3n) is 3.55. The summed E-state index contributed by atoms with van der Waals surface area (Å²) in [4.78, 5) is 4.90. The van der Waals surface area contributed by atoms with E-state index >= 15 is 0 Å². The molecule has 1 fully saturated rings. The largest absolute Gasteiger partial charge is 0.308 e. The van der Waals surface area contributed by atoms with Crippen LogP contribution >= 0.6 is 0 Å². The van der Waals surface area contributed by atoms with Crippen molar-refractivity contribution in [2.45, 2.75) is 39.0 Å². The molecule has 0 heterocycles. The Labute approximate surface area is 95.6 Å². The zero-order chi connectivity index (χ0) is 11.1. The van der Waals surface area contributed by atoms with Crippen molar-refractivity contribution < 1.29 is 0 Å². The van der Waals surface area contributed by atoms with Crippen molar-refractivity contribution in [2.24, 2.45) is 5.92 Å². The van der Waals surface area contributed by atoms with Crippen LogP contribution in [0.1, 0.15) is 39.0 Å². The standard InChI is InChI=1S/C13H28N2/c1-4-15(11-10-14(2)3)12-13-8-6-5-7-9-13/h13H,4-12H2,1-3H3. The van der Waals surface area contributed by atoms with Crippen LogP contribution < -0.4 is 0 Å². The molecule has 2 heteroatoms. The van der Waals surface area contributed by atoms with Gasteiger partial charge in [0.2, 0.25) is 0 Å². The van der Waals surface area contributed by atoms with Crippen LogP contribution in [0.25, 0.3) is 0 Å². The fourth-order valence-corrected chi connectivity index (χ4v) is 2.45. The minimum atomic E-state index is 0.987. The van der Waals surface area contributed by atoms with Crippen LogP contribution in [0, 0.1) is 5.92 Å². The van der Waals surface area contributed by atoms with E-state index in [4.69, 9.17) is 0 Å². The summed E-state index contributed by atoms with van der Waals surface area (Å²) in [6.07, 6.45) is 7.35. The van der Waals surface area contributed by atoms with Crippen molar-refractivity contribution in [3.8, 4) is 0 Å². The van der Waals surface area contributed by atoms with Gasteiger partial charge in [-0.25, -0.2) is 0 Å². The Morgan fingerprint density at radius 3 is 2.20 bits per heavy atom. The van der Waals surface area contributed by atoms with E-state index in [1.807, 2.05) is 0 Å². The van der Waals surface area contributed by atoms with Gasteiger partial charge in [-0.15, -0.1) is 0 Å². The normalized spacial score (nSPS) is 19.0. The summed E-state index contributed by atoms with van der Waals surface area (Å²) in [5, 5.41) is 0. The molecule has 0 aliphatic heterocycles. The van der Waals surface area contributed by atoms with E-state index in [-0.39, 0.29) is 0 Å². The van der Waals surface area contributed by atoms with Gasteiger partial charge in [0.05, 0.1) is 0 Å². The number of hydrogen-bond acceptors (Lipinski definition) is 2. The van der Waals surface area contributed by atoms with E-state index in [0.717, 1.165) is 5.92 Å². The monoisotopic (exact) mass is 212 g/mol. The highest BCUT2D eigenvalue weighted by Gasteiger charge is 2.16. The highest BCUT2D eigenvalue weighted by atomic mass is 15.2. The molecule has 0 amide bonds. The Hall–Kier alpha value is -0.0800. The minimum Gasteiger partial charge on any atom is -0.308 e. The molecule has 0 N–H and O–H groups in total. The highest BCUT2D eigenvalue weighted by Crippen LogP contribution is 2.24. The number of rotatable bonds is 6. The summed E-state index contributed by atoms with van der Waals surface area (Å²) in [6.45, 7) is 7.27. The molecule has 2 nitrogen and oxygen atoms in total. The van der Waals surface area contributed by atoms with Crippen LogP contribution in [0.15, 0.2) is 0 Å². The molecule has 0 spiro atoms. The van der Waals surface area contributed by atoms with Gasteiger partial charge in [0.25, 0.3) is 0 Å². The quantitative estimate of drug-likeness (QED) is 0.667. The molecule has 0 saturated heterocycles. The molecule has 1 rings (SSSR count). The van der Waals surface area contributed by atoms with Gasteiger partial charge in [-0.1, -0.05) is 26.2 Å². The lowest BCUT2D eigenvalue weighted by atomic mass is 9.89. The van der Waals surface area contributed by atoms with Crippen LogP contribution in [0.5, 0.6) is 0 Å². The molecule has 0 bridgehead atoms. The lowest BCUT2D eigenvalue weighted by Gasteiger charge is -2.29. The molecule has 90 valence electrons. The highest BCUT2D eigenvalue weighted by molar-refractivity contribution is 4.70. The maximum Gasteiger partial charge on any atom is 0.0109 e. The second kappa shape index (κ2) is 7.24. The lowest BCUT2D eigenvalue weighted by molar-refractivity contribution is 0.193. The SMILES string of the molecule is CCN(CCN(C)C)CC1CCCCC1. The van der Waals surface area contributed by atoms with Gasteiger partial charge in [0.15, 0.2) is 0 Å². The molecular weight excluding hydrogens is 184 g/mol. The van der Waals surface area contributed by atoms with Crippen molar-refractivity contribution >= 4 is 0 Å². The van der Waals surface area contributed by atoms with E-state index in [2.05, 4.69) is 30.8 Å². The Morgan fingerprint density at radius 2 is 1.67 bits per heavy atom. The maximum atomic E-state index is 2.62. The fourth-order valence-electron chi connectivity index (χ4n) is 2.45. The molecule has 1 aliphatic rings. The van der Waals surface area contributed by atoms with Gasteiger partial charge in [0.1, 0.15) is 0 Å². The smallest absolute Gasteiger partial charge is 0.0109 e. The molecule has 1 aliphatic carbocycles. The zero-order valence-corrected chi connectivity index (χ0v) is 10.8. The number of hydrogen-bond donors (Lipinski definition) is 0. The lowest BCUT2D eigenvalue weighted by Crippen LogP contribution is -2.35. The van der Waals surface area contributed by atoms with Crippen molar-refractivity contribution in [3.05, 3.63) is 0 Å². The predicted molar refractivity (Wildman–Crippen MR) is 67.2 cm³/mol. The number of nitrogens with zero attached hydrogens (tertiary/aromatic N) is 2. The summed E-state index contributed by atoms with van der Waals surface area (Å²) in [5.41, 5.74) is 0. The molecular formula is C13H28N2. The van der Waals surface area contributed by atoms with Gasteiger partial charge >= 0.3 is 0 Å². The first-order valence-corrected chi connectivity index (χ1v) is 6.59. The first-order valence-electron chi connectivity index (χ1n) is 6.59. The molecule has 0 atom stereocenters. The minimum absolute atomic E-state index is 0.987. The summed E-state index contributed by atoms with van der Waals surface area (Å²) in [6, 6.07) is 0. The molecule has 0 aromatic carbocycles. The maximum absolute atomic E-state index is 2.62. The third-order valence-corrected chi connectivity index (χ3v) is 3.55. The van der Waals surface area contributed by atoms with Crippen LogP contribution in [-0.4, -0.2) is 50.1 Å². The third kappa shape index (κ3) is 5.53. The van der Waals surface area contributed by atoms with Crippen LogP contribution in [0.4, 0.5) is 0 Å². The summed E-state index contributed by atoms with van der Waals surface area (Å²) in [5.74, 6) is 0.987. The summed E-state index contributed by atoms with van der Waals surface area (Å²) < 4.78 is 0. The Balaban J connectivity index is 2.19. The molecule has 0 unspecified atom stereocenters. The topological polar surface area (TPSA) is 6.48 Å². The molecule has 15 heavy (non-hydrogen) atoms. The average Bonchev–Trinajstić information content (AvgIpc) is 2.25. The van der Waals surface area contributed by atoms with Crippen LogP contribution in [0.2, 0.25) is 0 Å². The molecule has 0 aromatic rings. The zero-order valence-electron chi connectivity index (χ0n) is 10.8. The van der Waals surface area contributed by atoms with E-state index < -0.39 is 0 Å². The Morgan fingerprint density at radius 1 is 1.00 bits per heavy atom. The van der Waals surface area contributed by atoms with Crippen LogP contribution in [0.3, 0.4) is 0 Å². The van der Waals surface area contributed by atoms with Gasteiger partial charge in [-0.3, -0.25) is 0 Å². The first kappa shape index (κ1) is 13.0. The van der Waals surface area contributed by atoms with Crippen molar-refractivity contribution in [2.75, 3.05) is 40.3 Å². The van der Waals surface area contributed by atoms with Crippen LogP contribution in [-0.2, 0) is 0 Å². The second-order valence-corrected chi connectivity index (χ2v) is 5.20. The van der Waals surface area contributed by atoms with Crippen molar-refractivity contribution in [3.63, 3.8) is 0 Å². The second-order valence-electron chi connectivity index (χ2n) is 5.20. The van der Waals surface area contributed by atoms with Gasteiger partial charge in [0, 0.05) is 19.6 Å². The van der Waals surface area contributed by atoms with Gasteiger partial charge in [-0.05, 0) is 39.4 Å². The van der Waals surface area contributed by atoms with Crippen molar-refractivity contribution in [1.82, 2.24) is 9.80 Å². The van der Waals surface area contributed by atoms with Gasteiger partial charge < -0.3 is 9.80 Å². The van der Waals surface area contributed by atoms with Crippen molar-refractivity contribution in [1.29, 1.82) is 0 Å². The Kier molecular flexibility index (Phi) is 6.26. The average molecular weight is 212 g/mol. The molecule has 1 saturated carbocycles. The van der Waals surface area contributed by atoms with E-state index in [0.29, 0.717) is 0 Å². The predicted octanol–water partition coefficient (Wildman–Crippen LogP) is 2.45. The summed E-state index contributed by atoms with van der Waals surface area (Å²) >= 11 is 0. The summed E-state index contributed by atoms with van der Waals surface area (Å²) in [7, 11) is 4.32. The van der Waals surface area contributed by atoms with E-state index in [1.54, 1.807) is 0 Å². The van der Waals surface area contributed by atoms with E-state index in [1.165, 1.54) is 58.3 Å². The molecule has 0 radical (unpaired) electrons. The Bertz CT molecular complexity index is 151. The van der Waals surface area contributed by atoms with Gasteiger partial charge in [-0.2, -0.15) is 0 Å². The van der Waals surface area contributed by atoms with E-state index in [9.17, 15) is 0 Å².